The van der Waals surface area contributed by atoms with Crippen molar-refractivity contribution in [2.45, 2.75) is 58.3 Å². The van der Waals surface area contributed by atoms with Gasteiger partial charge >= 0.3 is 0 Å². The van der Waals surface area contributed by atoms with E-state index in [0.717, 1.165) is 12.2 Å². The number of aliphatic hydroxyl groups excluding tert-OH is 1. The van der Waals surface area contributed by atoms with Crippen LogP contribution in [-0.2, 0) is 10.8 Å². The van der Waals surface area contributed by atoms with Crippen molar-refractivity contribution >= 4 is 10.8 Å². The van der Waals surface area contributed by atoms with Gasteiger partial charge in [0.2, 0.25) is 0 Å². The lowest BCUT2D eigenvalue weighted by atomic mass is 10.1. The third-order valence-electron chi connectivity index (χ3n) is 2.54. The molecule has 0 radical (unpaired) electrons. The van der Waals surface area contributed by atoms with E-state index in [1.807, 2.05) is 0 Å². The maximum atomic E-state index is 11.2. The molecular formula is C12H26O2S. The zero-order chi connectivity index (χ0) is 11.4. The van der Waals surface area contributed by atoms with E-state index in [-0.39, 0.29) is 6.61 Å². The minimum Gasteiger partial charge on any atom is -0.395 e. The van der Waals surface area contributed by atoms with Gasteiger partial charge in [-0.05, 0) is 6.42 Å². The molecule has 0 unspecified atom stereocenters. The number of rotatable bonds is 11. The monoisotopic (exact) mass is 234 g/mol. The van der Waals surface area contributed by atoms with Crippen LogP contribution in [0.1, 0.15) is 58.3 Å². The molecule has 1 atom stereocenters. The summed E-state index contributed by atoms with van der Waals surface area (Å²) in [5, 5.41) is 8.57. The van der Waals surface area contributed by atoms with Gasteiger partial charge in [-0.1, -0.05) is 51.9 Å². The van der Waals surface area contributed by atoms with Crippen LogP contribution in [0.3, 0.4) is 0 Å². The molecule has 0 saturated heterocycles. The molecule has 0 aromatic rings. The van der Waals surface area contributed by atoms with Gasteiger partial charge in [-0.3, -0.25) is 4.21 Å². The van der Waals surface area contributed by atoms with Gasteiger partial charge < -0.3 is 5.11 Å². The van der Waals surface area contributed by atoms with E-state index >= 15 is 0 Å². The number of hydrogen-bond donors (Lipinski definition) is 1. The van der Waals surface area contributed by atoms with Crippen molar-refractivity contribution < 1.29 is 9.32 Å². The second-order valence-electron chi connectivity index (χ2n) is 4.05. The fraction of sp³-hybridized carbons (Fsp3) is 1.00. The van der Waals surface area contributed by atoms with Crippen LogP contribution in [0.15, 0.2) is 0 Å². The number of aliphatic hydroxyl groups is 1. The van der Waals surface area contributed by atoms with Gasteiger partial charge in [0.05, 0.1) is 6.61 Å². The van der Waals surface area contributed by atoms with Crippen LogP contribution in [0.5, 0.6) is 0 Å². The minimum absolute atomic E-state index is 0.0592. The summed E-state index contributed by atoms with van der Waals surface area (Å²) in [5.74, 6) is 1.23. The summed E-state index contributed by atoms with van der Waals surface area (Å²) in [6.07, 6.45) is 10.2. The Hall–Kier alpha value is 0.110. The Morgan fingerprint density at radius 3 is 1.93 bits per heavy atom. The third-order valence-corrected chi connectivity index (χ3v) is 3.93. The molecule has 0 amide bonds. The van der Waals surface area contributed by atoms with Gasteiger partial charge in [-0.2, -0.15) is 0 Å². The van der Waals surface area contributed by atoms with Crippen molar-refractivity contribution in [1.82, 2.24) is 0 Å². The standard InChI is InChI=1S/C12H26O2S/c1-2-3-4-5-6-7-8-9-11-15(14)12-10-13/h13H,2-12H2,1H3/t15-/m1/s1. The highest BCUT2D eigenvalue weighted by Gasteiger charge is 1.98. The fourth-order valence-electron chi connectivity index (χ4n) is 1.60. The molecule has 0 bridgehead atoms. The maximum absolute atomic E-state index is 11.2. The van der Waals surface area contributed by atoms with Crippen molar-refractivity contribution in [2.24, 2.45) is 0 Å². The SMILES string of the molecule is CCCCCCCCCC[S@@](=O)CCO. The Bertz CT molecular complexity index is 149. The van der Waals surface area contributed by atoms with Crippen molar-refractivity contribution in [3.05, 3.63) is 0 Å². The fourth-order valence-corrected chi connectivity index (χ4v) is 2.53. The maximum Gasteiger partial charge on any atom is 0.0546 e. The van der Waals surface area contributed by atoms with Gasteiger partial charge in [-0.15, -0.1) is 0 Å². The zero-order valence-electron chi connectivity index (χ0n) is 10.0. The summed E-state index contributed by atoms with van der Waals surface area (Å²) >= 11 is 0. The third kappa shape index (κ3) is 12.0. The van der Waals surface area contributed by atoms with E-state index < -0.39 is 10.8 Å². The molecule has 0 spiro atoms. The molecule has 0 fully saturated rings. The molecule has 0 aliphatic carbocycles. The van der Waals surface area contributed by atoms with Crippen LogP contribution in [0.25, 0.3) is 0 Å². The molecule has 0 heterocycles. The first kappa shape index (κ1) is 15.1. The van der Waals surface area contributed by atoms with Crippen LogP contribution in [0.2, 0.25) is 0 Å². The van der Waals surface area contributed by atoms with Gasteiger partial charge in [0.1, 0.15) is 0 Å². The predicted octanol–water partition coefficient (Wildman–Crippen LogP) is 2.87. The zero-order valence-corrected chi connectivity index (χ0v) is 10.9. The van der Waals surface area contributed by atoms with Gasteiger partial charge in [-0.25, -0.2) is 0 Å². The largest absolute Gasteiger partial charge is 0.395 e. The molecule has 0 aliphatic heterocycles. The normalized spacial score (nSPS) is 12.9. The lowest BCUT2D eigenvalue weighted by molar-refractivity contribution is 0.321. The average Bonchev–Trinajstić information content (AvgIpc) is 2.22. The molecule has 0 aromatic heterocycles. The molecule has 0 aromatic carbocycles. The van der Waals surface area contributed by atoms with Crippen LogP contribution in [-0.4, -0.2) is 27.4 Å². The molecule has 1 N–H and O–H groups in total. The lowest BCUT2D eigenvalue weighted by Crippen LogP contribution is -2.05. The van der Waals surface area contributed by atoms with E-state index in [9.17, 15) is 4.21 Å². The molecular weight excluding hydrogens is 208 g/mol. The quantitative estimate of drug-likeness (QED) is 0.558. The first-order valence-electron chi connectivity index (χ1n) is 6.27. The van der Waals surface area contributed by atoms with Crippen molar-refractivity contribution in [3.8, 4) is 0 Å². The van der Waals surface area contributed by atoms with Gasteiger partial charge in [0.15, 0.2) is 0 Å². The van der Waals surface area contributed by atoms with Crippen molar-refractivity contribution in [3.63, 3.8) is 0 Å². The van der Waals surface area contributed by atoms with E-state index in [0.29, 0.717) is 5.75 Å². The molecule has 15 heavy (non-hydrogen) atoms. The number of hydrogen-bond acceptors (Lipinski definition) is 2. The van der Waals surface area contributed by atoms with Crippen LogP contribution in [0, 0.1) is 0 Å². The second-order valence-corrected chi connectivity index (χ2v) is 5.74. The Morgan fingerprint density at radius 2 is 1.40 bits per heavy atom. The van der Waals surface area contributed by atoms with Crippen LogP contribution >= 0.6 is 0 Å². The summed E-state index contributed by atoms with van der Waals surface area (Å²) in [6, 6.07) is 0. The predicted molar refractivity (Wildman–Crippen MR) is 67.6 cm³/mol. The van der Waals surface area contributed by atoms with Crippen LogP contribution < -0.4 is 0 Å². The Labute approximate surface area is 96.9 Å². The van der Waals surface area contributed by atoms with E-state index in [2.05, 4.69) is 6.92 Å². The first-order chi connectivity index (χ1) is 7.31. The second kappa shape index (κ2) is 12.2. The smallest absolute Gasteiger partial charge is 0.0546 e. The van der Waals surface area contributed by atoms with E-state index in [1.165, 1.54) is 44.9 Å². The Balaban J connectivity index is 3.01. The Kier molecular flexibility index (Phi) is 12.3. The summed E-state index contributed by atoms with van der Waals surface area (Å²) in [7, 11) is -0.780. The summed E-state index contributed by atoms with van der Waals surface area (Å²) < 4.78 is 11.2. The summed E-state index contributed by atoms with van der Waals surface area (Å²) in [5.41, 5.74) is 0. The molecule has 0 rings (SSSR count). The highest BCUT2D eigenvalue weighted by molar-refractivity contribution is 7.84. The van der Waals surface area contributed by atoms with Crippen LogP contribution in [0.4, 0.5) is 0 Å². The highest BCUT2D eigenvalue weighted by atomic mass is 32.2. The van der Waals surface area contributed by atoms with Gasteiger partial charge in [0, 0.05) is 22.3 Å². The molecule has 0 saturated carbocycles. The lowest BCUT2D eigenvalue weighted by Gasteiger charge is -2.01. The number of unbranched alkanes of at least 4 members (excludes halogenated alkanes) is 7. The molecule has 3 heteroatoms. The highest BCUT2D eigenvalue weighted by Crippen LogP contribution is 2.08. The molecule has 2 nitrogen and oxygen atoms in total. The summed E-state index contributed by atoms with van der Waals surface area (Å²) in [6.45, 7) is 2.29. The van der Waals surface area contributed by atoms with Crippen molar-refractivity contribution in [2.75, 3.05) is 18.1 Å². The summed E-state index contributed by atoms with van der Waals surface area (Å²) in [4.78, 5) is 0. The molecule has 0 aliphatic rings. The average molecular weight is 234 g/mol. The van der Waals surface area contributed by atoms with E-state index in [4.69, 9.17) is 5.11 Å². The first-order valence-corrected chi connectivity index (χ1v) is 7.76. The Morgan fingerprint density at radius 1 is 0.867 bits per heavy atom. The molecule has 92 valence electrons. The van der Waals surface area contributed by atoms with Gasteiger partial charge in [0.25, 0.3) is 0 Å². The topological polar surface area (TPSA) is 37.3 Å². The van der Waals surface area contributed by atoms with Crippen molar-refractivity contribution in [1.29, 1.82) is 0 Å². The van der Waals surface area contributed by atoms with E-state index in [1.54, 1.807) is 0 Å². The minimum atomic E-state index is -0.780.